The minimum Gasteiger partial charge on any atom is -0.377 e. The lowest BCUT2D eigenvalue weighted by Crippen LogP contribution is -2.15. The predicted octanol–water partition coefficient (Wildman–Crippen LogP) is 3.45. The fourth-order valence-electron chi connectivity index (χ4n) is 2.14. The van der Waals surface area contributed by atoms with E-state index in [4.69, 9.17) is 0 Å². The topological polar surface area (TPSA) is 42.7 Å². The predicted molar refractivity (Wildman–Crippen MR) is 85.3 cm³/mol. The zero-order valence-electron chi connectivity index (χ0n) is 12.8. The summed E-state index contributed by atoms with van der Waals surface area (Å²) in [4.78, 5) is 0. The van der Waals surface area contributed by atoms with Gasteiger partial charge < -0.3 is 9.88 Å². The van der Waals surface area contributed by atoms with Crippen LogP contribution in [0.1, 0.15) is 32.2 Å². The van der Waals surface area contributed by atoms with Gasteiger partial charge in [-0.3, -0.25) is 0 Å². The highest BCUT2D eigenvalue weighted by Gasteiger charge is 2.17. The Morgan fingerprint density at radius 2 is 1.90 bits per heavy atom. The summed E-state index contributed by atoms with van der Waals surface area (Å²) in [6.45, 7) is 7.35. The van der Waals surface area contributed by atoms with Crippen LogP contribution in [-0.2, 0) is 19.0 Å². The molecule has 1 heterocycles. The number of para-hydroxylation sites is 1. The Morgan fingerprint density at radius 3 is 2.50 bits per heavy atom. The average molecular weight is 290 g/mol. The van der Waals surface area contributed by atoms with Gasteiger partial charge in [0.25, 0.3) is 0 Å². The molecule has 0 aliphatic carbocycles. The number of anilines is 1. The summed E-state index contributed by atoms with van der Waals surface area (Å²) in [5.74, 6) is 0.943. The molecule has 0 aliphatic heterocycles. The normalized spacial score (nSPS) is 11.7. The molecule has 4 nitrogen and oxygen atoms in total. The van der Waals surface area contributed by atoms with Crippen molar-refractivity contribution in [1.29, 1.82) is 0 Å². The molecule has 0 unspecified atom stereocenters. The maximum absolute atomic E-state index is 4.22. The summed E-state index contributed by atoms with van der Waals surface area (Å²) >= 11 is 1.61. The second kappa shape index (κ2) is 5.87. The monoisotopic (exact) mass is 290 g/mol. The Hall–Kier alpha value is -1.49. The van der Waals surface area contributed by atoms with Crippen LogP contribution in [0.15, 0.2) is 29.4 Å². The summed E-state index contributed by atoms with van der Waals surface area (Å²) in [7, 11) is 2.00. The number of rotatable bonds is 4. The van der Waals surface area contributed by atoms with E-state index in [0.717, 1.165) is 16.7 Å². The highest BCUT2D eigenvalue weighted by molar-refractivity contribution is 7.98. The van der Waals surface area contributed by atoms with E-state index in [0.29, 0.717) is 6.54 Å². The lowest BCUT2D eigenvalue weighted by atomic mass is 9.86. The van der Waals surface area contributed by atoms with Gasteiger partial charge in [-0.2, -0.15) is 0 Å². The van der Waals surface area contributed by atoms with Crippen LogP contribution in [-0.4, -0.2) is 21.0 Å². The first-order chi connectivity index (χ1) is 9.43. The molecule has 0 spiro atoms. The Labute approximate surface area is 125 Å². The molecule has 0 radical (unpaired) electrons. The van der Waals surface area contributed by atoms with Gasteiger partial charge in [0.1, 0.15) is 0 Å². The van der Waals surface area contributed by atoms with Gasteiger partial charge in [-0.25, -0.2) is 0 Å². The first-order valence-electron chi connectivity index (χ1n) is 6.69. The van der Waals surface area contributed by atoms with Crippen molar-refractivity contribution in [1.82, 2.24) is 14.8 Å². The Balaban J connectivity index is 2.17. The minimum absolute atomic E-state index is 0.119. The van der Waals surface area contributed by atoms with Crippen molar-refractivity contribution >= 4 is 17.4 Å². The molecule has 0 aliphatic rings. The van der Waals surface area contributed by atoms with Gasteiger partial charge in [0, 0.05) is 12.7 Å². The minimum atomic E-state index is 0.119. The molecule has 1 aromatic carbocycles. The summed E-state index contributed by atoms with van der Waals surface area (Å²) < 4.78 is 2.03. The zero-order chi connectivity index (χ0) is 14.8. The number of nitrogens with zero attached hydrogens (tertiary/aromatic N) is 3. The van der Waals surface area contributed by atoms with E-state index in [1.165, 1.54) is 5.56 Å². The zero-order valence-corrected chi connectivity index (χ0v) is 13.6. The number of thioether (sulfide) groups is 1. The molecule has 2 rings (SSSR count). The van der Waals surface area contributed by atoms with Crippen LogP contribution in [0.3, 0.4) is 0 Å². The van der Waals surface area contributed by atoms with E-state index >= 15 is 0 Å². The Morgan fingerprint density at radius 1 is 1.20 bits per heavy atom. The molecule has 0 fully saturated rings. The van der Waals surface area contributed by atoms with Gasteiger partial charge in [0.05, 0.1) is 6.54 Å². The summed E-state index contributed by atoms with van der Waals surface area (Å²) in [5.41, 5.74) is 2.59. The number of nitrogens with one attached hydrogen (secondary N) is 1. The van der Waals surface area contributed by atoms with E-state index in [9.17, 15) is 0 Å². The first-order valence-corrected chi connectivity index (χ1v) is 7.91. The third-order valence-electron chi connectivity index (χ3n) is 3.28. The molecule has 1 aromatic heterocycles. The Bertz CT molecular complexity index is 584. The third kappa shape index (κ3) is 3.15. The molecule has 1 N–H and O–H groups in total. The van der Waals surface area contributed by atoms with Gasteiger partial charge in [-0.1, -0.05) is 50.7 Å². The molecule has 0 atom stereocenters. The van der Waals surface area contributed by atoms with E-state index < -0.39 is 0 Å². The lowest BCUT2D eigenvalue weighted by molar-refractivity contribution is 0.591. The van der Waals surface area contributed by atoms with Crippen LogP contribution in [0.2, 0.25) is 0 Å². The van der Waals surface area contributed by atoms with E-state index in [1.54, 1.807) is 11.8 Å². The summed E-state index contributed by atoms with van der Waals surface area (Å²) in [5, 5.41) is 12.8. The van der Waals surface area contributed by atoms with Crippen molar-refractivity contribution in [2.24, 2.45) is 7.05 Å². The molecule has 20 heavy (non-hydrogen) atoms. The van der Waals surface area contributed by atoms with E-state index in [-0.39, 0.29) is 5.41 Å². The van der Waals surface area contributed by atoms with Crippen molar-refractivity contribution in [3.05, 3.63) is 35.7 Å². The quantitative estimate of drug-likeness (QED) is 0.876. The van der Waals surface area contributed by atoms with Crippen LogP contribution in [0.4, 0.5) is 5.69 Å². The van der Waals surface area contributed by atoms with Gasteiger partial charge in [0.15, 0.2) is 11.0 Å². The number of aromatic nitrogens is 3. The second-order valence-electron chi connectivity index (χ2n) is 5.81. The van der Waals surface area contributed by atoms with Gasteiger partial charge in [-0.05, 0) is 23.3 Å². The number of hydrogen-bond donors (Lipinski definition) is 1. The van der Waals surface area contributed by atoms with Gasteiger partial charge in [0.2, 0.25) is 0 Å². The molecule has 0 saturated carbocycles. The van der Waals surface area contributed by atoms with Crippen molar-refractivity contribution in [2.45, 2.75) is 37.9 Å². The van der Waals surface area contributed by atoms with Crippen LogP contribution in [0.5, 0.6) is 0 Å². The summed E-state index contributed by atoms with van der Waals surface area (Å²) in [6.07, 6.45) is 2.01. The molecular weight excluding hydrogens is 268 g/mol. The van der Waals surface area contributed by atoms with Crippen molar-refractivity contribution in [3.8, 4) is 0 Å². The highest BCUT2D eigenvalue weighted by Crippen LogP contribution is 2.29. The van der Waals surface area contributed by atoms with E-state index in [2.05, 4.69) is 60.6 Å². The fraction of sp³-hybridized carbons (Fsp3) is 0.467. The summed E-state index contributed by atoms with van der Waals surface area (Å²) in [6, 6.07) is 8.43. The van der Waals surface area contributed by atoms with Crippen molar-refractivity contribution < 1.29 is 0 Å². The average Bonchev–Trinajstić information content (AvgIpc) is 2.76. The maximum Gasteiger partial charge on any atom is 0.190 e. The van der Waals surface area contributed by atoms with Crippen molar-refractivity contribution in [3.63, 3.8) is 0 Å². The smallest absolute Gasteiger partial charge is 0.190 e. The third-order valence-corrected chi connectivity index (χ3v) is 4.00. The van der Waals surface area contributed by atoms with Crippen LogP contribution in [0, 0.1) is 0 Å². The van der Waals surface area contributed by atoms with Crippen LogP contribution in [0.25, 0.3) is 0 Å². The molecular formula is C15H22N4S. The largest absolute Gasteiger partial charge is 0.377 e. The van der Waals surface area contributed by atoms with E-state index in [1.807, 2.05) is 17.9 Å². The molecule has 5 heteroatoms. The number of hydrogen-bond acceptors (Lipinski definition) is 4. The lowest BCUT2D eigenvalue weighted by Gasteiger charge is -2.23. The van der Waals surface area contributed by atoms with Gasteiger partial charge >= 0.3 is 0 Å². The molecule has 0 bridgehead atoms. The van der Waals surface area contributed by atoms with Crippen LogP contribution < -0.4 is 5.32 Å². The second-order valence-corrected chi connectivity index (χ2v) is 6.58. The highest BCUT2D eigenvalue weighted by atomic mass is 32.2. The fourth-order valence-corrected chi connectivity index (χ4v) is 2.64. The first kappa shape index (κ1) is 14.9. The standard InChI is InChI=1S/C15H22N4S/c1-15(2,3)11-8-6-7-9-12(11)16-10-13-17-18-14(20-5)19(13)4/h6-9,16H,10H2,1-5H3. The van der Waals surface area contributed by atoms with Crippen LogP contribution >= 0.6 is 11.8 Å². The molecule has 0 amide bonds. The maximum atomic E-state index is 4.22. The van der Waals surface area contributed by atoms with Gasteiger partial charge in [-0.15, -0.1) is 10.2 Å². The molecule has 108 valence electrons. The van der Waals surface area contributed by atoms with Crippen molar-refractivity contribution in [2.75, 3.05) is 11.6 Å². The Kier molecular flexibility index (Phi) is 4.38. The SMILES string of the molecule is CSc1nnc(CNc2ccccc2C(C)(C)C)n1C. The molecule has 0 saturated heterocycles. The molecule has 2 aromatic rings. The number of benzene rings is 1.